The fourth-order valence-electron chi connectivity index (χ4n) is 1.50. The van der Waals surface area contributed by atoms with Gasteiger partial charge in [0.05, 0.1) is 13.0 Å². The van der Waals surface area contributed by atoms with Gasteiger partial charge in [0.25, 0.3) is 0 Å². The number of hydrogen-bond acceptors (Lipinski definition) is 2. The van der Waals surface area contributed by atoms with E-state index in [9.17, 15) is 4.79 Å². The number of nitrogens with two attached hydrogens (primary N) is 1. The van der Waals surface area contributed by atoms with Gasteiger partial charge in [0.1, 0.15) is 5.75 Å². The van der Waals surface area contributed by atoms with Gasteiger partial charge in [-0.25, -0.2) is 0 Å². The molecular formula is C13H19NO2. The lowest BCUT2D eigenvalue weighted by Gasteiger charge is -2.15. The molecule has 1 unspecified atom stereocenters. The Hall–Kier alpha value is -1.51. The Labute approximate surface area is 96.6 Å². The maximum atomic E-state index is 10.6. The van der Waals surface area contributed by atoms with Gasteiger partial charge in [0, 0.05) is 0 Å². The summed E-state index contributed by atoms with van der Waals surface area (Å²) in [6, 6.07) is 7.93. The maximum absolute atomic E-state index is 10.6. The number of amides is 1. The molecule has 0 radical (unpaired) electrons. The summed E-state index contributed by atoms with van der Waals surface area (Å²) in [5.74, 6) is 0.990. The zero-order chi connectivity index (χ0) is 12.0. The van der Waals surface area contributed by atoms with Gasteiger partial charge in [0.15, 0.2) is 0 Å². The van der Waals surface area contributed by atoms with Crippen molar-refractivity contribution >= 4 is 5.91 Å². The van der Waals surface area contributed by atoms with Crippen LogP contribution in [0.3, 0.4) is 0 Å². The highest BCUT2D eigenvalue weighted by molar-refractivity contribution is 5.73. The number of para-hydroxylation sites is 1. The molecular weight excluding hydrogens is 202 g/mol. The number of carbonyl (C=O) groups is 1. The van der Waals surface area contributed by atoms with Crippen molar-refractivity contribution in [3.05, 3.63) is 29.8 Å². The summed E-state index contributed by atoms with van der Waals surface area (Å²) < 4.78 is 5.57. The number of ether oxygens (including phenoxy) is 1. The fourth-order valence-corrected chi connectivity index (χ4v) is 1.50. The second-order valence-electron chi connectivity index (χ2n) is 3.91. The zero-order valence-electron chi connectivity index (χ0n) is 9.90. The van der Waals surface area contributed by atoms with Crippen LogP contribution in [0.2, 0.25) is 0 Å². The SMILES string of the molecule is CCC(C)c1ccccc1OCCC(N)=O. The molecule has 1 rings (SSSR count). The van der Waals surface area contributed by atoms with Gasteiger partial charge in [-0.15, -0.1) is 0 Å². The lowest BCUT2D eigenvalue weighted by Crippen LogP contribution is -2.15. The average molecular weight is 221 g/mol. The molecule has 2 N–H and O–H groups in total. The van der Waals surface area contributed by atoms with Crippen LogP contribution in [0.4, 0.5) is 0 Å². The minimum Gasteiger partial charge on any atom is -0.493 e. The molecule has 0 saturated carbocycles. The molecule has 0 bridgehead atoms. The number of rotatable bonds is 6. The summed E-state index contributed by atoms with van der Waals surface area (Å²) in [4.78, 5) is 10.6. The molecule has 0 aliphatic heterocycles. The van der Waals surface area contributed by atoms with Crippen molar-refractivity contribution in [1.29, 1.82) is 0 Å². The average Bonchev–Trinajstić information content (AvgIpc) is 2.28. The van der Waals surface area contributed by atoms with E-state index in [0.717, 1.165) is 12.2 Å². The molecule has 0 saturated heterocycles. The number of hydrogen-bond donors (Lipinski definition) is 1. The molecule has 0 aromatic heterocycles. The molecule has 1 aromatic carbocycles. The summed E-state index contributed by atoms with van der Waals surface area (Å²) in [6.45, 7) is 4.66. The second-order valence-corrected chi connectivity index (χ2v) is 3.91. The highest BCUT2D eigenvalue weighted by Gasteiger charge is 2.09. The summed E-state index contributed by atoms with van der Waals surface area (Å²) in [6.07, 6.45) is 1.32. The molecule has 16 heavy (non-hydrogen) atoms. The van der Waals surface area contributed by atoms with Gasteiger partial charge < -0.3 is 10.5 Å². The maximum Gasteiger partial charge on any atom is 0.220 e. The lowest BCUT2D eigenvalue weighted by molar-refractivity contribution is -0.118. The number of primary amides is 1. The van der Waals surface area contributed by atoms with Gasteiger partial charge in [0.2, 0.25) is 5.91 Å². The van der Waals surface area contributed by atoms with Gasteiger partial charge in [-0.05, 0) is 24.0 Å². The predicted octanol–water partition coefficient (Wildman–Crippen LogP) is 2.45. The van der Waals surface area contributed by atoms with E-state index >= 15 is 0 Å². The topological polar surface area (TPSA) is 52.3 Å². The van der Waals surface area contributed by atoms with Gasteiger partial charge in [-0.2, -0.15) is 0 Å². The van der Waals surface area contributed by atoms with Crippen molar-refractivity contribution in [2.24, 2.45) is 5.73 Å². The van der Waals surface area contributed by atoms with E-state index in [-0.39, 0.29) is 12.3 Å². The molecule has 0 heterocycles. The number of carbonyl (C=O) groups excluding carboxylic acids is 1. The zero-order valence-corrected chi connectivity index (χ0v) is 9.90. The normalized spacial score (nSPS) is 12.1. The summed E-state index contributed by atoms with van der Waals surface area (Å²) in [7, 11) is 0. The fraction of sp³-hybridized carbons (Fsp3) is 0.462. The van der Waals surface area contributed by atoms with Crippen LogP contribution in [-0.4, -0.2) is 12.5 Å². The Balaban J connectivity index is 2.67. The largest absolute Gasteiger partial charge is 0.493 e. The predicted molar refractivity (Wildman–Crippen MR) is 64.5 cm³/mol. The van der Waals surface area contributed by atoms with Gasteiger partial charge >= 0.3 is 0 Å². The van der Waals surface area contributed by atoms with E-state index in [1.807, 2.05) is 18.2 Å². The first-order chi connectivity index (χ1) is 7.65. The lowest BCUT2D eigenvalue weighted by atomic mass is 9.98. The van der Waals surface area contributed by atoms with Crippen LogP contribution in [0.5, 0.6) is 5.75 Å². The molecule has 0 aliphatic carbocycles. The highest BCUT2D eigenvalue weighted by atomic mass is 16.5. The van der Waals surface area contributed by atoms with E-state index in [4.69, 9.17) is 10.5 Å². The molecule has 1 amide bonds. The summed E-state index contributed by atoms with van der Waals surface area (Å²) in [5.41, 5.74) is 6.25. The minimum absolute atomic E-state index is 0.259. The van der Waals surface area contributed by atoms with Crippen LogP contribution in [0.1, 0.15) is 38.2 Å². The first-order valence-electron chi connectivity index (χ1n) is 5.65. The van der Waals surface area contributed by atoms with E-state index in [0.29, 0.717) is 12.5 Å². The van der Waals surface area contributed by atoms with E-state index < -0.39 is 0 Å². The molecule has 88 valence electrons. The van der Waals surface area contributed by atoms with E-state index in [2.05, 4.69) is 19.9 Å². The quantitative estimate of drug-likeness (QED) is 0.802. The Bertz CT molecular complexity index is 350. The van der Waals surface area contributed by atoms with Crippen molar-refractivity contribution in [3.8, 4) is 5.75 Å². The van der Waals surface area contributed by atoms with Crippen molar-refractivity contribution in [2.75, 3.05) is 6.61 Å². The minimum atomic E-state index is -0.332. The third-order valence-electron chi connectivity index (χ3n) is 2.67. The smallest absolute Gasteiger partial charge is 0.220 e. The van der Waals surface area contributed by atoms with Crippen LogP contribution >= 0.6 is 0 Å². The van der Waals surface area contributed by atoms with Crippen molar-refractivity contribution in [2.45, 2.75) is 32.6 Å². The first-order valence-corrected chi connectivity index (χ1v) is 5.65. The van der Waals surface area contributed by atoms with E-state index in [1.165, 1.54) is 5.56 Å². The molecule has 1 aromatic rings. The third kappa shape index (κ3) is 3.57. The highest BCUT2D eigenvalue weighted by Crippen LogP contribution is 2.28. The molecule has 3 nitrogen and oxygen atoms in total. The van der Waals surface area contributed by atoms with E-state index in [1.54, 1.807) is 0 Å². The molecule has 1 atom stereocenters. The Morgan fingerprint density at radius 2 is 2.12 bits per heavy atom. The third-order valence-corrected chi connectivity index (χ3v) is 2.67. The van der Waals surface area contributed by atoms with Crippen LogP contribution in [0, 0.1) is 0 Å². The standard InChI is InChI=1S/C13H19NO2/c1-3-10(2)11-6-4-5-7-12(11)16-9-8-13(14)15/h4-7,10H,3,8-9H2,1-2H3,(H2,14,15). The summed E-state index contributed by atoms with van der Waals surface area (Å²) in [5, 5.41) is 0. The number of benzene rings is 1. The van der Waals surface area contributed by atoms with Crippen molar-refractivity contribution in [1.82, 2.24) is 0 Å². The van der Waals surface area contributed by atoms with Crippen LogP contribution in [0.25, 0.3) is 0 Å². The van der Waals surface area contributed by atoms with Crippen LogP contribution in [0.15, 0.2) is 24.3 Å². The monoisotopic (exact) mass is 221 g/mol. The molecule has 0 fully saturated rings. The molecule has 3 heteroatoms. The van der Waals surface area contributed by atoms with Crippen LogP contribution < -0.4 is 10.5 Å². The first kappa shape index (κ1) is 12.6. The second kappa shape index (κ2) is 6.16. The van der Waals surface area contributed by atoms with Gasteiger partial charge in [-0.3, -0.25) is 4.79 Å². The van der Waals surface area contributed by atoms with Gasteiger partial charge in [-0.1, -0.05) is 32.0 Å². The Morgan fingerprint density at radius 1 is 1.44 bits per heavy atom. The van der Waals surface area contributed by atoms with Crippen molar-refractivity contribution < 1.29 is 9.53 Å². The summed E-state index contributed by atoms with van der Waals surface area (Å²) >= 11 is 0. The Kier molecular flexibility index (Phi) is 4.83. The van der Waals surface area contributed by atoms with Crippen LogP contribution in [-0.2, 0) is 4.79 Å². The Morgan fingerprint density at radius 3 is 2.75 bits per heavy atom. The molecule has 0 aliphatic rings. The molecule has 0 spiro atoms. The van der Waals surface area contributed by atoms with Crippen molar-refractivity contribution in [3.63, 3.8) is 0 Å².